The molecule has 4 heterocycles. The van der Waals surface area contributed by atoms with Crippen molar-refractivity contribution in [2.24, 2.45) is 7.05 Å². The number of anilines is 1. The molecule has 1 amide bonds. The number of halogens is 1. The van der Waals surface area contributed by atoms with E-state index in [2.05, 4.69) is 25.2 Å². The number of pyridine rings is 1. The summed E-state index contributed by atoms with van der Waals surface area (Å²) >= 11 is 0. The van der Waals surface area contributed by atoms with Crippen LogP contribution in [0.1, 0.15) is 23.2 Å². The zero-order valence-corrected chi connectivity index (χ0v) is 21.3. The number of aromatic nitrogens is 5. The van der Waals surface area contributed by atoms with Crippen molar-refractivity contribution in [3.05, 3.63) is 84.6 Å². The van der Waals surface area contributed by atoms with Gasteiger partial charge in [-0.3, -0.25) is 9.78 Å². The smallest absolute Gasteiger partial charge is 0.253 e. The summed E-state index contributed by atoms with van der Waals surface area (Å²) in [6.45, 7) is 1.40. The standard InChI is InChI=1S/C29H26FN7O2/c1-36-26(19-5-3-7-23(38)15-19)35-25-27(36)32-17-33-28(25)37-12-10-22(11-13-37)34-29(39)20-8-9-24(31-16-20)18-4-2-6-21(30)14-18/h2-9,14-17,22,38H,10-13H2,1H3,(H,34,39). The quantitative estimate of drug-likeness (QED) is 0.353. The van der Waals surface area contributed by atoms with Crippen LogP contribution < -0.4 is 10.2 Å². The molecule has 1 aliphatic heterocycles. The van der Waals surface area contributed by atoms with Gasteiger partial charge in [-0.2, -0.15) is 0 Å². The van der Waals surface area contributed by atoms with E-state index in [9.17, 15) is 14.3 Å². The average molecular weight is 524 g/mol. The van der Waals surface area contributed by atoms with Gasteiger partial charge in [0.1, 0.15) is 23.7 Å². The number of benzene rings is 2. The predicted molar refractivity (Wildman–Crippen MR) is 146 cm³/mol. The van der Waals surface area contributed by atoms with E-state index in [-0.39, 0.29) is 23.5 Å². The molecule has 0 spiro atoms. The topological polar surface area (TPSA) is 109 Å². The second kappa shape index (κ2) is 10.1. The first-order valence-electron chi connectivity index (χ1n) is 12.7. The summed E-state index contributed by atoms with van der Waals surface area (Å²) < 4.78 is 15.4. The number of carbonyl (C=O) groups is 1. The molecule has 9 nitrogen and oxygen atoms in total. The summed E-state index contributed by atoms with van der Waals surface area (Å²) in [7, 11) is 1.90. The number of fused-ring (bicyclic) bond motifs is 1. The molecule has 0 saturated carbocycles. The highest BCUT2D eigenvalue weighted by Gasteiger charge is 2.25. The lowest BCUT2D eigenvalue weighted by atomic mass is 10.0. The van der Waals surface area contributed by atoms with Crippen molar-refractivity contribution in [2.75, 3.05) is 18.0 Å². The monoisotopic (exact) mass is 523 g/mol. The molecule has 2 N–H and O–H groups in total. The molecule has 1 saturated heterocycles. The van der Waals surface area contributed by atoms with Crippen molar-refractivity contribution in [3.8, 4) is 28.4 Å². The summed E-state index contributed by atoms with van der Waals surface area (Å²) in [6.07, 6.45) is 4.56. The SMILES string of the molecule is Cn1c(-c2cccc(O)c2)nc2c(N3CCC(NC(=O)c4ccc(-c5cccc(F)c5)nc4)CC3)ncnc21. The van der Waals surface area contributed by atoms with E-state index in [0.717, 1.165) is 24.2 Å². The van der Waals surface area contributed by atoms with Gasteiger partial charge in [-0.05, 0) is 49.2 Å². The van der Waals surface area contributed by atoms with E-state index in [4.69, 9.17) is 4.98 Å². The molecular weight excluding hydrogens is 497 g/mol. The number of carbonyl (C=O) groups excluding carboxylic acids is 1. The van der Waals surface area contributed by atoms with Gasteiger partial charge in [0.25, 0.3) is 5.91 Å². The first-order valence-corrected chi connectivity index (χ1v) is 12.7. The van der Waals surface area contributed by atoms with E-state index in [1.165, 1.54) is 18.3 Å². The minimum absolute atomic E-state index is 0.0144. The van der Waals surface area contributed by atoms with Crippen LogP contribution in [0.3, 0.4) is 0 Å². The Balaban J connectivity index is 1.13. The fourth-order valence-electron chi connectivity index (χ4n) is 4.97. The molecule has 0 atom stereocenters. The van der Waals surface area contributed by atoms with Crippen LogP contribution in [0.15, 0.2) is 73.2 Å². The molecule has 0 bridgehead atoms. The van der Waals surface area contributed by atoms with Gasteiger partial charge in [-0.1, -0.05) is 24.3 Å². The van der Waals surface area contributed by atoms with Crippen LogP contribution in [0, 0.1) is 5.82 Å². The van der Waals surface area contributed by atoms with E-state index < -0.39 is 0 Å². The molecule has 0 radical (unpaired) electrons. The molecule has 1 fully saturated rings. The van der Waals surface area contributed by atoms with Gasteiger partial charge in [0, 0.05) is 43.5 Å². The Hall–Kier alpha value is -4.86. The van der Waals surface area contributed by atoms with Gasteiger partial charge in [0.05, 0.1) is 11.3 Å². The lowest BCUT2D eigenvalue weighted by molar-refractivity contribution is 0.0930. The molecular formula is C29H26FN7O2. The number of imidazole rings is 1. The molecule has 10 heteroatoms. The third-order valence-corrected chi connectivity index (χ3v) is 7.02. The Bertz CT molecular complexity index is 1660. The molecule has 196 valence electrons. The Morgan fingerprint density at radius 1 is 1.00 bits per heavy atom. The van der Waals surface area contributed by atoms with E-state index in [1.807, 2.05) is 17.7 Å². The second-order valence-electron chi connectivity index (χ2n) is 9.59. The number of aromatic hydroxyl groups is 1. The first kappa shape index (κ1) is 24.5. The van der Waals surface area contributed by atoms with Crippen LogP contribution in [0.4, 0.5) is 10.2 Å². The largest absolute Gasteiger partial charge is 0.508 e. The number of phenolic OH excluding ortho intramolecular Hbond substituents is 1. The molecule has 1 aliphatic rings. The fraction of sp³-hybridized carbons (Fsp3) is 0.207. The molecule has 0 unspecified atom stereocenters. The van der Waals surface area contributed by atoms with Crippen molar-refractivity contribution in [1.82, 2.24) is 29.8 Å². The number of amides is 1. The maximum atomic E-state index is 13.5. The lowest BCUT2D eigenvalue weighted by Crippen LogP contribution is -2.45. The fourth-order valence-corrected chi connectivity index (χ4v) is 4.97. The second-order valence-corrected chi connectivity index (χ2v) is 9.59. The van der Waals surface area contributed by atoms with Crippen LogP contribution in [0.25, 0.3) is 33.8 Å². The number of hydrogen-bond acceptors (Lipinski definition) is 7. The lowest BCUT2D eigenvalue weighted by Gasteiger charge is -2.33. The normalized spacial score (nSPS) is 14.1. The highest BCUT2D eigenvalue weighted by molar-refractivity contribution is 5.94. The van der Waals surface area contributed by atoms with E-state index >= 15 is 0 Å². The van der Waals surface area contributed by atoms with E-state index in [1.54, 1.807) is 48.8 Å². The van der Waals surface area contributed by atoms with Crippen LogP contribution in [0.5, 0.6) is 5.75 Å². The predicted octanol–water partition coefficient (Wildman–Crippen LogP) is 4.34. The summed E-state index contributed by atoms with van der Waals surface area (Å²) in [5, 5.41) is 13.0. The van der Waals surface area contributed by atoms with Gasteiger partial charge < -0.3 is 19.9 Å². The van der Waals surface area contributed by atoms with Gasteiger partial charge in [-0.25, -0.2) is 19.3 Å². The van der Waals surface area contributed by atoms with Crippen LogP contribution >= 0.6 is 0 Å². The minimum atomic E-state index is -0.329. The zero-order chi connectivity index (χ0) is 26.9. The number of piperidine rings is 1. The first-order chi connectivity index (χ1) is 19.0. The van der Waals surface area contributed by atoms with Crippen molar-refractivity contribution >= 4 is 22.9 Å². The van der Waals surface area contributed by atoms with Gasteiger partial charge in [0.15, 0.2) is 17.0 Å². The highest BCUT2D eigenvalue weighted by Crippen LogP contribution is 2.30. The summed E-state index contributed by atoms with van der Waals surface area (Å²) in [6, 6.07) is 16.6. The third kappa shape index (κ3) is 4.88. The molecule has 2 aromatic carbocycles. The number of nitrogens with zero attached hydrogens (tertiary/aromatic N) is 6. The number of phenols is 1. The van der Waals surface area contributed by atoms with Crippen molar-refractivity contribution in [1.29, 1.82) is 0 Å². The zero-order valence-electron chi connectivity index (χ0n) is 21.3. The van der Waals surface area contributed by atoms with Crippen LogP contribution in [0.2, 0.25) is 0 Å². The van der Waals surface area contributed by atoms with Gasteiger partial charge in [-0.15, -0.1) is 0 Å². The molecule has 6 rings (SSSR count). The summed E-state index contributed by atoms with van der Waals surface area (Å²) in [4.78, 5) is 33.2. The number of hydrogen-bond donors (Lipinski definition) is 2. The molecule has 5 aromatic rings. The maximum absolute atomic E-state index is 13.5. The van der Waals surface area contributed by atoms with Crippen LogP contribution in [-0.2, 0) is 7.05 Å². The maximum Gasteiger partial charge on any atom is 0.253 e. The number of rotatable bonds is 5. The molecule has 39 heavy (non-hydrogen) atoms. The van der Waals surface area contributed by atoms with Crippen LogP contribution in [-0.4, -0.2) is 54.6 Å². The Morgan fingerprint density at radius 2 is 1.79 bits per heavy atom. The Labute approximate surface area is 224 Å². The van der Waals surface area contributed by atoms with Gasteiger partial charge in [0.2, 0.25) is 0 Å². The van der Waals surface area contributed by atoms with E-state index in [0.29, 0.717) is 46.9 Å². The van der Waals surface area contributed by atoms with Crippen molar-refractivity contribution in [2.45, 2.75) is 18.9 Å². The summed E-state index contributed by atoms with van der Waals surface area (Å²) in [5.41, 5.74) is 3.94. The molecule has 0 aliphatic carbocycles. The Morgan fingerprint density at radius 3 is 2.54 bits per heavy atom. The number of aryl methyl sites for hydroxylation is 1. The van der Waals surface area contributed by atoms with Crippen molar-refractivity contribution in [3.63, 3.8) is 0 Å². The van der Waals surface area contributed by atoms with Gasteiger partial charge >= 0.3 is 0 Å². The minimum Gasteiger partial charge on any atom is -0.508 e. The number of nitrogens with one attached hydrogen (secondary N) is 1. The van der Waals surface area contributed by atoms with Crippen molar-refractivity contribution < 1.29 is 14.3 Å². The summed E-state index contributed by atoms with van der Waals surface area (Å²) in [5.74, 6) is 1.11. The Kier molecular flexibility index (Phi) is 6.36. The highest BCUT2D eigenvalue weighted by atomic mass is 19.1. The molecule has 3 aromatic heterocycles. The average Bonchev–Trinajstić information content (AvgIpc) is 3.30. The third-order valence-electron chi connectivity index (χ3n) is 7.02.